The first-order valence-electron chi connectivity index (χ1n) is 6.42. The summed E-state index contributed by atoms with van der Waals surface area (Å²) in [7, 11) is 0. The number of carbonyl (C=O) groups is 1. The van der Waals surface area contributed by atoms with Gasteiger partial charge in [0.15, 0.2) is 0 Å². The van der Waals surface area contributed by atoms with Gasteiger partial charge < -0.3 is 4.90 Å². The summed E-state index contributed by atoms with van der Waals surface area (Å²) in [5.41, 5.74) is 2.98. The first kappa shape index (κ1) is 12.7. The van der Waals surface area contributed by atoms with Crippen molar-refractivity contribution in [3.63, 3.8) is 0 Å². The molecule has 1 aliphatic carbocycles. The Hall–Kier alpha value is -1.75. The number of rotatable bonds is 4. The molecule has 0 aromatic heterocycles. The molecule has 2 nitrogen and oxygen atoms in total. The second-order valence-corrected chi connectivity index (χ2v) is 5.15. The molecule has 1 amide bonds. The molecule has 0 saturated heterocycles. The van der Waals surface area contributed by atoms with Crippen LogP contribution in [0.25, 0.3) is 0 Å². The molecule has 0 aliphatic heterocycles. The van der Waals surface area contributed by atoms with Crippen LogP contribution in [-0.2, 0) is 0 Å². The standard InChI is InChI=1S/C16H19NO/c1-4-9-17(11-14-6-7-14)16(18)15-8-5-12(2)10-13(15)3/h1,5,8,10,14H,6-7,9,11H2,2-3H3. The molecule has 1 aliphatic rings. The van der Waals surface area contributed by atoms with Gasteiger partial charge in [-0.25, -0.2) is 0 Å². The minimum absolute atomic E-state index is 0.0670. The summed E-state index contributed by atoms with van der Waals surface area (Å²) in [5.74, 6) is 3.31. The lowest BCUT2D eigenvalue weighted by Crippen LogP contribution is -2.33. The Morgan fingerprint density at radius 1 is 1.44 bits per heavy atom. The summed E-state index contributed by atoms with van der Waals surface area (Å²) in [4.78, 5) is 14.3. The van der Waals surface area contributed by atoms with Gasteiger partial charge in [0, 0.05) is 12.1 Å². The third-order valence-corrected chi connectivity index (χ3v) is 3.36. The summed E-state index contributed by atoms with van der Waals surface area (Å²) in [6.45, 7) is 5.22. The molecule has 2 heteroatoms. The Bertz CT molecular complexity index is 494. The Labute approximate surface area is 109 Å². The van der Waals surface area contributed by atoms with Crippen LogP contribution in [0.15, 0.2) is 18.2 Å². The van der Waals surface area contributed by atoms with Crippen LogP contribution in [0.3, 0.4) is 0 Å². The first-order valence-corrected chi connectivity index (χ1v) is 6.42. The van der Waals surface area contributed by atoms with Crippen LogP contribution in [0.4, 0.5) is 0 Å². The van der Waals surface area contributed by atoms with Gasteiger partial charge in [-0.05, 0) is 44.2 Å². The summed E-state index contributed by atoms with van der Waals surface area (Å²) < 4.78 is 0. The maximum absolute atomic E-state index is 12.5. The summed E-state index contributed by atoms with van der Waals surface area (Å²) in [5, 5.41) is 0. The Morgan fingerprint density at radius 2 is 2.17 bits per heavy atom. The Kier molecular flexibility index (Phi) is 3.72. The van der Waals surface area contributed by atoms with Crippen molar-refractivity contribution in [2.75, 3.05) is 13.1 Å². The number of terminal acetylenes is 1. The molecule has 0 heterocycles. The zero-order chi connectivity index (χ0) is 13.1. The quantitative estimate of drug-likeness (QED) is 0.742. The molecular formula is C16H19NO. The van der Waals surface area contributed by atoms with Gasteiger partial charge in [-0.1, -0.05) is 23.6 Å². The van der Waals surface area contributed by atoms with E-state index in [0.717, 1.165) is 17.7 Å². The molecule has 94 valence electrons. The van der Waals surface area contributed by atoms with E-state index >= 15 is 0 Å². The number of amides is 1. The predicted molar refractivity (Wildman–Crippen MR) is 73.4 cm³/mol. The molecule has 1 saturated carbocycles. The van der Waals surface area contributed by atoms with Crippen LogP contribution >= 0.6 is 0 Å². The molecular weight excluding hydrogens is 222 g/mol. The molecule has 0 unspecified atom stereocenters. The van der Waals surface area contributed by atoms with Gasteiger partial charge in [0.1, 0.15) is 0 Å². The van der Waals surface area contributed by atoms with Crippen LogP contribution in [0.5, 0.6) is 0 Å². The molecule has 0 N–H and O–H groups in total. The highest BCUT2D eigenvalue weighted by atomic mass is 16.2. The van der Waals surface area contributed by atoms with Crippen LogP contribution in [0.2, 0.25) is 0 Å². The SMILES string of the molecule is C#CCN(CC1CC1)C(=O)c1ccc(C)cc1C. The van der Waals surface area contributed by atoms with Crippen LogP contribution in [0, 0.1) is 32.1 Å². The van der Waals surface area contributed by atoms with E-state index in [0.29, 0.717) is 12.5 Å². The highest BCUT2D eigenvalue weighted by Gasteiger charge is 2.27. The lowest BCUT2D eigenvalue weighted by atomic mass is 10.0. The number of nitrogens with zero attached hydrogens (tertiary/aromatic N) is 1. The van der Waals surface area contributed by atoms with Crippen molar-refractivity contribution in [3.8, 4) is 12.3 Å². The summed E-state index contributed by atoms with van der Waals surface area (Å²) in [6.07, 6.45) is 7.81. The lowest BCUT2D eigenvalue weighted by Gasteiger charge is -2.21. The van der Waals surface area contributed by atoms with E-state index in [9.17, 15) is 4.79 Å². The molecule has 2 rings (SSSR count). The van der Waals surface area contributed by atoms with E-state index in [2.05, 4.69) is 5.92 Å². The van der Waals surface area contributed by atoms with Gasteiger partial charge >= 0.3 is 0 Å². The van der Waals surface area contributed by atoms with E-state index in [4.69, 9.17) is 6.42 Å². The average molecular weight is 241 g/mol. The molecule has 0 radical (unpaired) electrons. The zero-order valence-electron chi connectivity index (χ0n) is 11.1. The van der Waals surface area contributed by atoms with Crippen molar-refractivity contribution in [2.45, 2.75) is 26.7 Å². The van der Waals surface area contributed by atoms with Crippen molar-refractivity contribution >= 4 is 5.91 Å². The molecule has 0 atom stereocenters. The number of aryl methyl sites for hydroxylation is 2. The third kappa shape index (κ3) is 2.92. The number of hydrogen-bond acceptors (Lipinski definition) is 1. The first-order chi connectivity index (χ1) is 8.61. The van der Waals surface area contributed by atoms with Crippen molar-refractivity contribution in [3.05, 3.63) is 34.9 Å². The largest absolute Gasteiger partial charge is 0.327 e. The van der Waals surface area contributed by atoms with Gasteiger partial charge in [-0.2, -0.15) is 0 Å². The van der Waals surface area contributed by atoms with E-state index in [1.165, 1.54) is 18.4 Å². The summed E-state index contributed by atoms with van der Waals surface area (Å²) in [6, 6.07) is 5.92. The molecule has 1 fully saturated rings. The van der Waals surface area contributed by atoms with Crippen LogP contribution in [-0.4, -0.2) is 23.9 Å². The number of hydrogen-bond donors (Lipinski definition) is 0. The molecule has 1 aromatic rings. The number of benzene rings is 1. The fraction of sp³-hybridized carbons (Fsp3) is 0.438. The maximum Gasteiger partial charge on any atom is 0.254 e. The zero-order valence-corrected chi connectivity index (χ0v) is 11.1. The minimum atomic E-state index is 0.0670. The van der Waals surface area contributed by atoms with E-state index in [1.54, 1.807) is 4.90 Å². The van der Waals surface area contributed by atoms with Crippen LogP contribution in [0.1, 0.15) is 34.3 Å². The molecule has 1 aromatic carbocycles. The van der Waals surface area contributed by atoms with E-state index < -0.39 is 0 Å². The topological polar surface area (TPSA) is 20.3 Å². The van der Waals surface area contributed by atoms with Gasteiger partial charge in [0.05, 0.1) is 6.54 Å². The van der Waals surface area contributed by atoms with Crippen molar-refractivity contribution in [1.29, 1.82) is 0 Å². The lowest BCUT2D eigenvalue weighted by molar-refractivity contribution is 0.0769. The van der Waals surface area contributed by atoms with Gasteiger partial charge in [-0.15, -0.1) is 6.42 Å². The van der Waals surface area contributed by atoms with Crippen molar-refractivity contribution in [2.24, 2.45) is 5.92 Å². The Balaban J connectivity index is 2.18. The second-order valence-electron chi connectivity index (χ2n) is 5.15. The smallest absolute Gasteiger partial charge is 0.254 e. The number of carbonyl (C=O) groups excluding carboxylic acids is 1. The van der Waals surface area contributed by atoms with E-state index in [1.807, 2.05) is 32.0 Å². The van der Waals surface area contributed by atoms with Gasteiger partial charge in [0.2, 0.25) is 0 Å². The van der Waals surface area contributed by atoms with E-state index in [-0.39, 0.29) is 5.91 Å². The average Bonchev–Trinajstić information content (AvgIpc) is 3.11. The monoisotopic (exact) mass is 241 g/mol. The normalized spacial score (nSPS) is 14.1. The highest BCUT2D eigenvalue weighted by molar-refractivity contribution is 5.95. The molecule has 0 spiro atoms. The predicted octanol–water partition coefficient (Wildman–Crippen LogP) is 2.79. The van der Waals surface area contributed by atoms with Crippen molar-refractivity contribution in [1.82, 2.24) is 4.90 Å². The fourth-order valence-corrected chi connectivity index (χ4v) is 2.17. The van der Waals surface area contributed by atoms with Gasteiger partial charge in [-0.3, -0.25) is 4.79 Å². The molecule has 18 heavy (non-hydrogen) atoms. The fourth-order valence-electron chi connectivity index (χ4n) is 2.17. The van der Waals surface area contributed by atoms with Crippen LogP contribution < -0.4 is 0 Å². The minimum Gasteiger partial charge on any atom is -0.327 e. The summed E-state index contributed by atoms with van der Waals surface area (Å²) >= 11 is 0. The second kappa shape index (κ2) is 5.27. The maximum atomic E-state index is 12.5. The Morgan fingerprint density at radius 3 is 2.72 bits per heavy atom. The van der Waals surface area contributed by atoms with Crippen molar-refractivity contribution < 1.29 is 4.79 Å². The van der Waals surface area contributed by atoms with Gasteiger partial charge in [0.25, 0.3) is 5.91 Å². The molecule has 0 bridgehead atoms. The highest BCUT2D eigenvalue weighted by Crippen LogP contribution is 2.30. The third-order valence-electron chi connectivity index (χ3n) is 3.36.